The molecule has 210 valence electrons. The van der Waals surface area contributed by atoms with Crippen LogP contribution in [0.3, 0.4) is 0 Å². The molecule has 0 saturated carbocycles. The van der Waals surface area contributed by atoms with Gasteiger partial charge in [0.05, 0.1) is 6.10 Å². The summed E-state index contributed by atoms with van der Waals surface area (Å²) in [5.41, 5.74) is 3.26. The third kappa shape index (κ3) is 9.31. The highest BCUT2D eigenvalue weighted by molar-refractivity contribution is 6.30. The molecule has 0 saturated heterocycles. The third-order valence-corrected chi connectivity index (χ3v) is 7.15. The van der Waals surface area contributed by atoms with Crippen molar-refractivity contribution in [3.8, 4) is 0 Å². The lowest BCUT2D eigenvalue weighted by atomic mass is 10.1. The largest absolute Gasteiger partial charge is 0.387 e. The Kier molecular flexibility index (Phi) is 11.3. The average molecular weight is 559 g/mol. The summed E-state index contributed by atoms with van der Waals surface area (Å²) in [7, 11) is 4.18. The molecule has 4 aromatic rings. The zero-order valence-electron chi connectivity index (χ0n) is 23.3. The molecular weight excluding hydrogens is 520 g/mol. The topological polar surface area (TPSA) is 67.8 Å². The predicted octanol–water partition coefficient (Wildman–Crippen LogP) is 5.03. The zero-order valence-corrected chi connectivity index (χ0v) is 24.1. The van der Waals surface area contributed by atoms with Gasteiger partial charge >= 0.3 is 0 Å². The molecule has 7 nitrogen and oxygen atoms in total. The number of hydrogen-bond donors (Lipinski definition) is 2. The number of aliphatic hydroxyl groups is 1. The summed E-state index contributed by atoms with van der Waals surface area (Å²) in [5.74, 6) is 1.95. The van der Waals surface area contributed by atoms with Gasteiger partial charge in [-0.3, -0.25) is 4.90 Å². The smallest absolute Gasteiger partial charge is 0.128 e. The maximum atomic E-state index is 10.4. The van der Waals surface area contributed by atoms with Gasteiger partial charge in [-0.05, 0) is 53.1 Å². The lowest BCUT2D eigenvalue weighted by Gasteiger charge is -2.28. The van der Waals surface area contributed by atoms with E-state index >= 15 is 0 Å². The lowest BCUT2D eigenvalue weighted by Crippen LogP contribution is -2.38. The molecule has 0 fully saturated rings. The fraction of sp³-hybridized carbons (Fsp3) is 0.312. The Bertz CT molecular complexity index is 1230. The molecule has 0 amide bonds. The molecule has 0 aliphatic heterocycles. The molecule has 2 aromatic heterocycles. The van der Waals surface area contributed by atoms with Crippen molar-refractivity contribution in [2.75, 3.05) is 56.6 Å². The van der Waals surface area contributed by atoms with Gasteiger partial charge in [-0.15, -0.1) is 0 Å². The Morgan fingerprint density at radius 2 is 1.35 bits per heavy atom. The van der Waals surface area contributed by atoms with Gasteiger partial charge in [0.2, 0.25) is 0 Å². The molecule has 0 aliphatic carbocycles. The number of pyridine rings is 2. The minimum absolute atomic E-state index is 0.462. The van der Waals surface area contributed by atoms with E-state index in [0.29, 0.717) is 18.1 Å². The molecule has 2 heterocycles. The number of likely N-dealkylation sites (N-methyl/N-ethyl adjacent to an activating group) is 2. The maximum Gasteiger partial charge on any atom is 0.128 e. The van der Waals surface area contributed by atoms with E-state index in [1.165, 1.54) is 11.1 Å². The van der Waals surface area contributed by atoms with Gasteiger partial charge in [-0.2, -0.15) is 0 Å². The highest BCUT2D eigenvalue weighted by Crippen LogP contribution is 2.17. The normalized spacial score (nSPS) is 11.9. The number of aliphatic hydroxyl groups excluding tert-OH is 1. The van der Waals surface area contributed by atoms with E-state index in [1.54, 1.807) is 6.07 Å². The fourth-order valence-corrected chi connectivity index (χ4v) is 4.65. The Morgan fingerprint density at radius 3 is 1.90 bits per heavy atom. The first-order chi connectivity index (χ1) is 19.5. The molecular formula is C32H39ClN6O. The molecule has 0 spiro atoms. The van der Waals surface area contributed by atoms with E-state index in [9.17, 15) is 5.11 Å². The van der Waals surface area contributed by atoms with Crippen LogP contribution >= 0.6 is 11.6 Å². The molecule has 0 aliphatic rings. The van der Waals surface area contributed by atoms with Crippen molar-refractivity contribution in [2.45, 2.75) is 19.2 Å². The number of nitrogens with one attached hydrogen (secondary N) is 1. The molecule has 2 aromatic carbocycles. The van der Waals surface area contributed by atoms with Gasteiger partial charge in [0.15, 0.2) is 0 Å². The van der Waals surface area contributed by atoms with Crippen LogP contribution in [0.1, 0.15) is 22.8 Å². The molecule has 1 unspecified atom stereocenters. The quantitative estimate of drug-likeness (QED) is 0.212. The number of benzene rings is 2. The third-order valence-electron chi connectivity index (χ3n) is 6.91. The van der Waals surface area contributed by atoms with Crippen LogP contribution in [0.5, 0.6) is 0 Å². The maximum absolute atomic E-state index is 10.4. The van der Waals surface area contributed by atoms with Gasteiger partial charge < -0.3 is 20.2 Å². The SMILES string of the molecule is CN(CCN(CCN(C)c1ccccn1)Cc1ccc(CNCC(O)c2cccc(Cl)c2)cc1)c1ccccn1. The molecule has 0 radical (unpaired) electrons. The van der Waals surface area contributed by atoms with Crippen LogP contribution in [0, 0.1) is 0 Å². The summed E-state index contributed by atoms with van der Waals surface area (Å²) in [4.78, 5) is 15.8. The van der Waals surface area contributed by atoms with Crippen molar-refractivity contribution in [3.05, 3.63) is 119 Å². The van der Waals surface area contributed by atoms with Crippen molar-refractivity contribution in [1.82, 2.24) is 20.2 Å². The molecule has 1 atom stereocenters. The summed E-state index contributed by atoms with van der Waals surface area (Å²) < 4.78 is 0. The number of rotatable bonds is 15. The van der Waals surface area contributed by atoms with Crippen molar-refractivity contribution in [1.29, 1.82) is 0 Å². The van der Waals surface area contributed by atoms with Gasteiger partial charge in [0, 0.05) is 77.3 Å². The second kappa shape index (κ2) is 15.3. The van der Waals surface area contributed by atoms with Crippen molar-refractivity contribution >= 4 is 23.2 Å². The summed E-state index contributed by atoms with van der Waals surface area (Å²) >= 11 is 6.05. The molecule has 2 N–H and O–H groups in total. The fourth-order valence-electron chi connectivity index (χ4n) is 4.45. The summed E-state index contributed by atoms with van der Waals surface area (Å²) in [6.07, 6.45) is 3.07. The summed E-state index contributed by atoms with van der Waals surface area (Å²) in [6, 6.07) is 28.1. The first-order valence-electron chi connectivity index (χ1n) is 13.7. The molecule has 4 rings (SSSR count). The van der Waals surface area contributed by atoms with Gasteiger partial charge in [-0.1, -0.05) is 60.1 Å². The van der Waals surface area contributed by atoms with E-state index in [4.69, 9.17) is 11.6 Å². The van der Waals surface area contributed by atoms with Gasteiger partial charge in [0.25, 0.3) is 0 Å². The van der Waals surface area contributed by atoms with Crippen molar-refractivity contribution in [3.63, 3.8) is 0 Å². The number of nitrogens with zero attached hydrogens (tertiary/aromatic N) is 5. The number of halogens is 1. The highest BCUT2D eigenvalue weighted by Gasteiger charge is 2.12. The van der Waals surface area contributed by atoms with Crippen LogP contribution in [0.4, 0.5) is 11.6 Å². The second-order valence-electron chi connectivity index (χ2n) is 10.0. The highest BCUT2D eigenvalue weighted by atomic mass is 35.5. The van der Waals surface area contributed by atoms with Crippen molar-refractivity contribution in [2.24, 2.45) is 0 Å². The Hall–Kier alpha value is -3.49. The summed E-state index contributed by atoms with van der Waals surface area (Å²) in [5, 5.41) is 14.4. The lowest BCUT2D eigenvalue weighted by molar-refractivity contribution is 0.174. The van der Waals surface area contributed by atoms with Crippen LogP contribution in [0.25, 0.3) is 0 Å². The van der Waals surface area contributed by atoms with E-state index in [0.717, 1.165) is 49.9 Å². The second-order valence-corrected chi connectivity index (χ2v) is 10.4. The Labute approximate surface area is 243 Å². The number of aromatic nitrogens is 2. The average Bonchev–Trinajstić information content (AvgIpc) is 2.99. The molecule has 8 heteroatoms. The van der Waals surface area contributed by atoms with E-state index in [2.05, 4.69) is 68.3 Å². The first-order valence-corrected chi connectivity index (χ1v) is 14.0. The van der Waals surface area contributed by atoms with Crippen LogP contribution in [-0.4, -0.2) is 66.8 Å². The Balaban J connectivity index is 1.31. The van der Waals surface area contributed by atoms with E-state index in [1.807, 2.05) is 67.0 Å². The number of hydrogen-bond acceptors (Lipinski definition) is 7. The minimum atomic E-state index is -0.597. The molecule has 0 bridgehead atoms. The zero-order chi connectivity index (χ0) is 28.2. The monoisotopic (exact) mass is 558 g/mol. The standard InChI is InChI=1S/C32H39ClN6O/c1-37(31-10-3-5-16-35-31)18-20-39(21-19-38(2)32-11-4-6-17-36-32)25-27-14-12-26(13-15-27)23-34-24-30(40)28-8-7-9-29(33)22-28/h3-17,22,30,34,40H,18-21,23-25H2,1-2H3. The minimum Gasteiger partial charge on any atom is -0.387 e. The number of anilines is 2. The predicted molar refractivity (Wildman–Crippen MR) is 165 cm³/mol. The van der Waals surface area contributed by atoms with E-state index < -0.39 is 6.10 Å². The van der Waals surface area contributed by atoms with E-state index in [-0.39, 0.29) is 0 Å². The van der Waals surface area contributed by atoms with Gasteiger partial charge in [0.1, 0.15) is 11.6 Å². The van der Waals surface area contributed by atoms with Crippen LogP contribution in [0.2, 0.25) is 5.02 Å². The Morgan fingerprint density at radius 1 is 0.750 bits per heavy atom. The molecule has 40 heavy (non-hydrogen) atoms. The van der Waals surface area contributed by atoms with Crippen LogP contribution < -0.4 is 15.1 Å². The summed E-state index contributed by atoms with van der Waals surface area (Å²) in [6.45, 7) is 5.58. The first kappa shape index (κ1) is 29.5. The van der Waals surface area contributed by atoms with Crippen LogP contribution in [-0.2, 0) is 13.1 Å². The van der Waals surface area contributed by atoms with Crippen LogP contribution in [0.15, 0.2) is 97.3 Å². The van der Waals surface area contributed by atoms with Crippen molar-refractivity contribution < 1.29 is 5.11 Å². The van der Waals surface area contributed by atoms with Gasteiger partial charge in [-0.25, -0.2) is 9.97 Å².